The molecule has 8 nitrogen and oxygen atoms in total. The normalized spacial score (nSPS) is 14.6. The molecule has 0 saturated carbocycles. The van der Waals surface area contributed by atoms with Gasteiger partial charge >= 0.3 is 6.36 Å². The number of piperazine rings is 1. The van der Waals surface area contributed by atoms with Gasteiger partial charge in [0.15, 0.2) is 0 Å². The Labute approximate surface area is 200 Å². The monoisotopic (exact) mass is 493 g/mol. The highest BCUT2D eigenvalue weighted by Gasteiger charge is 2.31. The number of carbonyl (C=O) groups is 2. The minimum atomic E-state index is -4.77. The van der Waals surface area contributed by atoms with E-state index in [9.17, 15) is 22.8 Å². The SMILES string of the molecule is COc1cc(/C=C/C(=O)N2CCN(CC(=O)Nc3ccc(OC(F)(F)F)cc3)CC2)cc(OC)c1. The van der Waals surface area contributed by atoms with E-state index in [0.717, 1.165) is 17.7 Å². The fraction of sp³-hybridized carbons (Fsp3) is 0.333. The predicted octanol–water partition coefficient (Wildman–Crippen LogP) is 3.40. The van der Waals surface area contributed by atoms with Gasteiger partial charge < -0.3 is 24.4 Å². The Balaban J connectivity index is 1.45. The Bertz CT molecular complexity index is 1030. The number of nitrogens with zero attached hydrogens (tertiary/aromatic N) is 2. The molecular formula is C24H26F3N3O5. The molecule has 11 heteroatoms. The number of methoxy groups -OCH3 is 2. The number of halogens is 3. The van der Waals surface area contributed by atoms with E-state index in [2.05, 4.69) is 10.1 Å². The van der Waals surface area contributed by atoms with Gasteiger partial charge in [-0.2, -0.15) is 0 Å². The highest BCUT2D eigenvalue weighted by molar-refractivity contribution is 5.93. The summed E-state index contributed by atoms with van der Waals surface area (Å²) in [5, 5.41) is 2.64. The minimum absolute atomic E-state index is 0.0995. The van der Waals surface area contributed by atoms with Crippen LogP contribution in [0, 0.1) is 0 Å². The lowest BCUT2D eigenvalue weighted by molar-refractivity contribution is -0.274. The van der Waals surface area contributed by atoms with Gasteiger partial charge in [0.2, 0.25) is 11.8 Å². The summed E-state index contributed by atoms with van der Waals surface area (Å²) in [4.78, 5) is 28.5. The lowest BCUT2D eigenvalue weighted by Gasteiger charge is -2.33. The van der Waals surface area contributed by atoms with Crippen LogP contribution in [0.4, 0.5) is 18.9 Å². The Morgan fingerprint density at radius 1 is 0.943 bits per heavy atom. The molecule has 1 aliphatic heterocycles. The zero-order chi connectivity index (χ0) is 25.4. The van der Waals surface area contributed by atoms with Crippen LogP contribution >= 0.6 is 0 Å². The molecule has 188 valence electrons. The van der Waals surface area contributed by atoms with Crippen molar-refractivity contribution in [2.45, 2.75) is 6.36 Å². The first kappa shape index (κ1) is 25.9. The molecule has 0 radical (unpaired) electrons. The maximum atomic E-state index is 12.6. The summed E-state index contributed by atoms with van der Waals surface area (Å²) in [6.07, 6.45) is -1.59. The van der Waals surface area contributed by atoms with Gasteiger partial charge in [-0.3, -0.25) is 14.5 Å². The van der Waals surface area contributed by atoms with Crippen LogP contribution in [0.25, 0.3) is 6.08 Å². The van der Waals surface area contributed by atoms with Gasteiger partial charge in [0, 0.05) is 44.0 Å². The van der Waals surface area contributed by atoms with Crippen LogP contribution in [0.5, 0.6) is 17.2 Å². The van der Waals surface area contributed by atoms with E-state index in [-0.39, 0.29) is 24.1 Å². The van der Waals surface area contributed by atoms with Gasteiger partial charge in [-0.05, 0) is 48.0 Å². The quantitative estimate of drug-likeness (QED) is 0.568. The number of nitrogens with one attached hydrogen (secondary N) is 1. The van der Waals surface area contributed by atoms with Gasteiger partial charge in [-0.1, -0.05) is 0 Å². The molecule has 35 heavy (non-hydrogen) atoms. The third kappa shape index (κ3) is 8.21. The number of alkyl halides is 3. The van der Waals surface area contributed by atoms with Gasteiger partial charge in [-0.15, -0.1) is 13.2 Å². The van der Waals surface area contributed by atoms with Crippen molar-refractivity contribution < 1.29 is 37.0 Å². The summed E-state index contributed by atoms with van der Waals surface area (Å²) in [6.45, 7) is 2.04. The molecule has 0 aliphatic carbocycles. The third-order valence-electron chi connectivity index (χ3n) is 5.21. The van der Waals surface area contributed by atoms with E-state index in [0.29, 0.717) is 43.4 Å². The van der Waals surface area contributed by atoms with Crippen molar-refractivity contribution in [2.75, 3.05) is 52.3 Å². The lowest BCUT2D eigenvalue weighted by atomic mass is 10.2. The molecule has 2 aromatic carbocycles. The van der Waals surface area contributed by atoms with E-state index in [1.807, 2.05) is 4.90 Å². The number of hydrogen-bond acceptors (Lipinski definition) is 6. The number of amides is 2. The lowest BCUT2D eigenvalue weighted by Crippen LogP contribution is -2.50. The summed E-state index contributed by atoms with van der Waals surface area (Å²) >= 11 is 0. The molecule has 1 N–H and O–H groups in total. The smallest absolute Gasteiger partial charge is 0.497 e. The number of benzene rings is 2. The summed E-state index contributed by atoms with van der Waals surface area (Å²) < 4.78 is 51.0. The van der Waals surface area contributed by atoms with E-state index in [1.165, 1.54) is 18.2 Å². The number of ether oxygens (including phenoxy) is 3. The van der Waals surface area contributed by atoms with Crippen molar-refractivity contribution >= 4 is 23.6 Å². The standard InChI is InChI=1S/C24H26F3N3O5/c1-33-20-13-17(14-21(15-20)34-2)3-8-23(32)30-11-9-29(10-12-30)16-22(31)28-18-4-6-19(7-5-18)35-24(25,26)27/h3-8,13-15H,9-12,16H2,1-2H3,(H,28,31)/b8-3+. The molecule has 0 aromatic heterocycles. The number of anilines is 1. The second-order valence-electron chi connectivity index (χ2n) is 7.70. The van der Waals surface area contributed by atoms with Crippen LogP contribution in [0.15, 0.2) is 48.5 Å². The van der Waals surface area contributed by atoms with Crippen molar-refractivity contribution in [1.82, 2.24) is 9.80 Å². The van der Waals surface area contributed by atoms with Gasteiger partial charge in [0.1, 0.15) is 17.2 Å². The number of carbonyl (C=O) groups excluding carboxylic acids is 2. The van der Waals surface area contributed by atoms with E-state index in [1.54, 1.807) is 43.4 Å². The summed E-state index contributed by atoms with van der Waals surface area (Å²) in [7, 11) is 3.10. The molecule has 1 aliphatic rings. The van der Waals surface area contributed by atoms with Crippen molar-refractivity contribution in [2.24, 2.45) is 0 Å². The molecule has 2 aromatic rings. The maximum absolute atomic E-state index is 12.6. The number of hydrogen-bond donors (Lipinski definition) is 1. The Hall–Kier alpha value is -3.73. The van der Waals surface area contributed by atoms with Crippen molar-refractivity contribution in [1.29, 1.82) is 0 Å². The fourth-order valence-corrected chi connectivity index (χ4v) is 3.47. The molecule has 0 unspecified atom stereocenters. The third-order valence-corrected chi connectivity index (χ3v) is 5.21. The van der Waals surface area contributed by atoms with Crippen molar-refractivity contribution in [3.63, 3.8) is 0 Å². The van der Waals surface area contributed by atoms with Gasteiger partial charge in [-0.25, -0.2) is 0 Å². The van der Waals surface area contributed by atoms with Gasteiger partial charge in [0.25, 0.3) is 0 Å². The molecule has 1 saturated heterocycles. The predicted molar refractivity (Wildman–Crippen MR) is 123 cm³/mol. The van der Waals surface area contributed by atoms with Crippen molar-refractivity contribution in [3.8, 4) is 17.2 Å². The van der Waals surface area contributed by atoms with E-state index < -0.39 is 6.36 Å². The highest BCUT2D eigenvalue weighted by atomic mass is 19.4. The molecule has 1 heterocycles. The average molecular weight is 493 g/mol. The van der Waals surface area contributed by atoms with Crippen LogP contribution in [-0.4, -0.2) is 74.9 Å². The molecular weight excluding hydrogens is 467 g/mol. The fourth-order valence-electron chi connectivity index (χ4n) is 3.47. The zero-order valence-corrected chi connectivity index (χ0v) is 19.3. The second-order valence-corrected chi connectivity index (χ2v) is 7.70. The largest absolute Gasteiger partial charge is 0.573 e. The molecule has 2 amide bonds. The highest BCUT2D eigenvalue weighted by Crippen LogP contribution is 2.24. The number of rotatable bonds is 8. The van der Waals surface area contributed by atoms with Crippen LogP contribution in [0.1, 0.15) is 5.56 Å². The molecule has 0 bridgehead atoms. The molecule has 1 fully saturated rings. The van der Waals surface area contributed by atoms with Crippen LogP contribution in [-0.2, 0) is 9.59 Å². The summed E-state index contributed by atoms with van der Waals surface area (Å²) in [5.74, 6) is 0.428. The van der Waals surface area contributed by atoms with Crippen molar-refractivity contribution in [3.05, 3.63) is 54.1 Å². The molecule has 0 atom stereocenters. The first-order valence-electron chi connectivity index (χ1n) is 10.7. The molecule has 3 rings (SSSR count). The van der Waals surface area contributed by atoms with E-state index in [4.69, 9.17) is 9.47 Å². The maximum Gasteiger partial charge on any atom is 0.573 e. The second kappa shape index (κ2) is 11.6. The van der Waals surface area contributed by atoms with Crippen LogP contribution in [0.3, 0.4) is 0 Å². The van der Waals surface area contributed by atoms with Gasteiger partial charge in [0.05, 0.1) is 20.8 Å². The topological polar surface area (TPSA) is 80.3 Å². The Morgan fingerprint density at radius 2 is 1.54 bits per heavy atom. The Morgan fingerprint density at radius 3 is 2.09 bits per heavy atom. The molecule has 0 spiro atoms. The average Bonchev–Trinajstić information content (AvgIpc) is 2.83. The first-order valence-corrected chi connectivity index (χ1v) is 10.7. The minimum Gasteiger partial charge on any atom is -0.497 e. The van der Waals surface area contributed by atoms with Crippen LogP contribution in [0.2, 0.25) is 0 Å². The summed E-state index contributed by atoms with van der Waals surface area (Å²) in [5.41, 5.74) is 1.13. The first-order chi connectivity index (χ1) is 16.6. The van der Waals surface area contributed by atoms with Crippen LogP contribution < -0.4 is 19.5 Å². The Kier molecular flexibility index (Phi) is 8.58. The zero-order valence-electron chi connectivity index (χ0n) is 19.3. The summed E-state index contributed by atoms with van der Waals surface area (Å²) in [6, 6.07) is 10.2. The van der Waals surface area contributed by atoms with E-state index >= 15 is 0 Å².